The van der Waals surface area contributed by atoms with Crippen molar-refractivity contribution in [1.29, 1.82) is 0 Å². The molecule has 0 aliphatic carbocycles. The number of fused-ring (bicyclic) bond motifs is 3. The number of nitrogens with zero attached hydrogens (tertiary/aromatic N) is 4. The molecule has 32 heavy (non-hydrogen) atoms. The number of carbonyl (C=O) groups excluding carboxylic acids is 2. The summed E-state index contributed by atoms with van der Waals surface area (Å²) >= 11 is 0. The molecular weight excluding hydrogens is 402 g/mol. The predicted molar refractivity (Wildman–Crippen MR) is 127 cm³/mol. The van der Waals surface area contributed by atoms with Gasteiger partial charge in [-0.05, 0) is 37.0 Å². The molecule has 3 amide bonds. The number of urea groups is 1. The molecule has 3 aliphatic heterocycles. The summed E-state index contributed by atoms with van der Waals surface area (Å²) in [4.78, 5) is 34.4. The summed E-state index contributed by atoms with van der Waals surface area (Å²) in [6, 6.07) is 8.22. The minimum absolute atomic E-state index is 0.0372. The molecule has 3 unspecified atom stereocenters. The van der Waals surface area contributed by atoms with Gasteiger partial charge in [0.2, 0.25) is 0 Å². The van der Waals surface area contributed by atoms with Gasteiger partial charge in [-0.3, -0.25) is 19.9 Å². The Labute approximate surface area is 192 Å². The van der Waals surface area contributed by atoms with Crippen LogP contribution in [-0.2, 0) is 11.2 Å². The number of aryl methyl sites for hydroxylation is 1. The number of imide groups is 1. The fraction of sp³-hybridized carbons (Fsp3) is 0.680. The Morgan fingerprint density at radius 1 is 0.969 bits per heavy atom. The summed E-state index contributed by atoms with van der Waals surface area (Å²) in [5, 5.41) is 3.60. The van der Waals surface area contributed by atoms with E-state index in [1.54, 1.807) is 4.90 Å². The molecule has 3 fully saturated rings. The molecular formula is C25H39N5O2. The molecule has 0 bridgehead atoms. The lowest BCUT2D eigenvalue weighted by Gasteiger charge is -2.44. The van der Waals surface area contributed by atoms with Gasteiger partial charge >= 0.3 is 6.03 Å². The van der Waals surface area contributed by atoms with Crippen LogP contribution in [0.3, 0.4) is 0 Å². The Morgan fingerprint density at radius 2 is 1.69 bits per heavy atom. The average molecular weight is 442 g/mol. The van der Waals surface area contributed by atoms with Gasteiger partial charge in [0.25, 0.3) is 5.91 Å². The molecule has 3 aliphatic rings. The zero-order chi connectivity index (χ0) is 22.7. The van der Waals surface area contributed by atoms with Crippen LogP contribution in [-0.4, -0.2) is 71.8 Å². The minimum atomic E-state index is -0.319. The number of nitrogens with one attached hydrogen (secondary N) is 1. The van der Waals surface area contributed by atoms with E-state index in [1.165, 1.54) is 36.1 Å². The average Bonchev–Trinajstić information content (AvgIpc) is 3.22. The Bertz CT molecular complexity index is 798. The molecule has 3 atom stereocenters. The molecule has 3 heterocycles. The molecule has 0 spiro atoms. The summed E-state index contributed by atoms with van der Waals surface area (Å²) < 4.78 is 0. The summed E-state index contributed by atoms with van der Waals surface area (Å²) in [6.07, 6.45) is 8.52. The van der Waals surface area contributed by atoms with E-state index in [0.29, 0.717) is 6.54 Å². The molecule has 4 rings (SSSR count). The number of benzene rings is 1. The van der Waals surface area contributed by atoms with E-state index >= 15 is 0 Å². The van der Waals surface area contributed by atoms with Crippen LogP contribution in [0.5, 0.6) is 0 Å². The SMILES string of the molecule is CCCCCCCCN1C(=O)C2C(NC3N(c4ccc(CC)cc4)CCCN23)N(C)C1=O. The highest BCUT2D eigenvalue weighted by molar-refractivity contribution is 6.00. The number of likely N-dealkylation sites (N-methyl/N-ethyl adjacent to an activating group) is 1. The maximum absolute atomic E-state index is 13.5. The van der Waals surface area contributed by atoms with E-state index in [4.69, 9.17) is 0 Å². The summed E-state index contributed by atoms with van der Waals surface area (Å²) in [7, 11) is 1.83. The fourth-order valence-electron chi connectivity index (χ4n) is 5.36. The second-order valence-electron chi connectivity index (χ2n) is 9.39. The van der Waals surface area contributed by atoms with Gasteiger partial charge < -0.3 is 9.80 Å². The van der Waals surface area contributed by atoms with Crippen molar-refractivity contribution in [2.24, 2.45) is 0 Å². The number of hydrogen-bond acceptors (Lipinski definition) is 5. The van der Waals surface area contributed by atoms with Crippen molar-refractivity contribution < 1.29 is 9.59 Å². The van der Waals surface area contributed by atoms with Gasteiger partial charge in [-0.15, -0.1) is 0 Å². The first-order valence-electron chi connectivity index (χ1n) is 12.5. The standard InChI is InChI=1S/C25H39N5O2/c1-4-6-7-8-9-10-16-30-23(31)21-22(27(3)25(30)32)26-24-28(17-11-18-29(21)24)20-14-12-19(5-2)13-15-20/h12-15,21-22,24,26H,4-11,16-18H2,1-3H3. The number of amides is 3. The van der Waals surface area contributed by atoms with Crippen molar-refractivity contribution in [3.63, 3.8) is 0 Å². The van der Waals surface area contributed by atoms with Gasteiger partial charge in [0, 0.05) is 32.4 Å². The van der Waals surface area contributed by atoms with Crippen LogP contribution in [0.15, 0.2) is 24.3 Å². The second-order valence-corrected chi connectivity index (χ2v) is 9.39. The second kappa shape index (κ2) is 10.2. The van der Waals surface area contributed by atoms with Crippen molar-refractivity contribution in [3.05, 3.63) is 29.8 Å². The molecule has 1 N–H and O–H groups in total. The number of rotatable bonds is 9. The lowest BCUT2D eigenvalue weighted by atomic mass is 10.1. The van der Waals surface area contributed by atoms with E-state index in [1.807, 2.05) is 7.05 Å². The van der Waals surface area contributed by atoms with Crippen LogP contribution >= 0.6 is 0 Å². The molecule has 0 radical (unpaired) electrons. The molecule has 0 saturated carbocycles. The normalized spacial score (nSPS) is 26.0. The third-order valence-electron chi connectivity index (χ3n) is 7.28. The lowest BCUT2D eigenvalue weighted by molar-refractivity contribution is -0.138. The van der Waals surface area contributed by atoms with Crippen molar-refractivity contribution >= 4 is 17.6 Å². The van der Waals surface area contributed by atoms with Gasteiger partial charge in [-0.1, -0.05) is 58.1 Å². The lowest BCUT2D eigenvalue weighted by Crippen LogP contribution is -2.66. The molecule has 0 aromatic heterocycles. The molecule has 176 valence electrons. The monoisotopic (exact) mass is 441 g/mol. The topological polar surface area (TPSA) is 59.1 Å². The highest BCUT2D eigenvalue weighted by Gasteiger charge is 2.55. The molecule has 7 nitrogen and oxygen atoms in total. The fourth-order valence-corrected chi connectivity index (χ4v) is 5.36. The van der Waals surface area contributed by atoms with Crippen molar-refractivity contribution in [1.82, 2.24) is 20.0 Å². The largest absolute Gasteiger partial charge is 0.343 e. The van der Waals surface area contributed by atoms with E-state index in [2.05, 4.69) is 53.2 Å². The highest BCUT2D eigenvalue weighted by atomic mass is 16.2. The Morgan fingerprint density at radius 3 is 2.41 bits per heavy atom. The van der Waals surface area contributed by atoms with Crippen molar-refractivity contribution in [2.75, 3.05) is 31.6 Å². The van der Waals surface area contributed by atoms with E-state index < -0.39 is 0 Å². The first-order chi connectivity index (χ1) is 15.6. The van der Waals surface area contributed by atoms with Gasteiger partial charge in [-0.2, -0.15) is 0 Å². The number of anilines is 1. The van der Waals surface area contributed by atoms with Gasteiger partial charge in [0.1, 0.15) is 18.5 Å². The number of carbonyl (C=O) groups is 2. The smallest absolute Gasteiger partial charge is 0.327 e. The predicted octanol–water partition coefficient (Wildman–Crippen LogP) is 3.60. The quantitative estimate of drug-likeness (QED) is 0.594. The van der Waals surface area contributed by atoms with Crippen LogP contribution in [0.2, 0.25) is 0 Å². The van der Waals surface area contributed by atoms with Crippen LogP contribution in [0.25, 0.3) is 0 Å². The van der Waals surface area contributed by atoms with Crippen molar-refractivity contribution in [2.45, 2.75) is 83.7 Å². The maximum Gasteiger partial charge on any atom is 0.327 e. The molecule has 3 saturated heterocycles. The first-order valence-corrected chi connectivity index (χ1v) is 12.5. The zero-order valence-electron chi connectivity index (χ0n) is 19.9. The number of hydrogen-bond donors (Lipinski definition) is 1. The molecule has 1 aromatic rings. The maximum atomic E-state index is 13.5. The molecule has 7 heteroatoms. The third-order valence-corrected chi connectivity index (χ3v) is 7.28. The van der Waals surface area contributed by atoms with Crippen LogP contribution in [0.4, 0.5) is 10.5 Å². The first kappa shape index (κ1) is 23.1. The van der Waals surface area contributed by atoms with Gasteiger partial charge in [0.15, 0.2) is 0 Å². The third kappa shape index (κ3) is 4.37. The van der Waals surface area contributed by atoms with E-state index in [0.717, 1.165) is 44.5 Å². The van der Waals surface area contributed by atoms with Crippen molar-refractivity contribution in [3.8, 4) is 0 Å². The minimum Gasteiger partial charge on any atom is -0.343 e. The Balaban J connectivity index is 1.46. The summed E-state index contributed by atoms with van der Waals surface area (Å²) in [5.74, 6) is -0.0372. The van der Waals surface area contributed by atoms with Crippen LogP contribution < -0.4 is 10.2 Å². The van der Waals surface area contributed by atoms with Crippen LogP contribution in [0, 0.1) is 0 Å². The summed E-state index contributed by atoms with van der Waals surface area (Å²) in [5.41, 5.74) is 2.48. The Kier molecular flexibility index (Phi) is 7.36. The highest BCUT2D eigenvalue weighted by Crippen LogP contribution is 2.33. The van der Waals surface area contributed by atoms with E-state index in [-0.39, 0.29) is 30.4 Å². The zero-order valence-corrected chi connectivity index (χ0v) is 19.9. The number of unbranched alkanes of at least 4 members (excludes halogenated alkanes) is 5. The van der Waals surface area contributed by atoms with Gasteiger partial charge in [-0.25, -0.2) is 4.79 Å². The van der Waals surface area contributed by atoms with Gasteiger partial charge in [0.05, 0.1) is 0 Å². The molecule has 1 aromatic carbocycles. The summed E-state index contributed by atoms with van der Waals surface area (Å²) in [6.45, 7) is 6.70. The van der Waals surface area contributed by atoms with E-state index in [9.17, 15) is 9.59 Å². The Hall–Kier alpha value is -2.12. The van der Waals surface area contributed by atoms with Crippen LogP contribution in [0.1, 0.15) is 64.4 Å².